The van der Waals surface area contributed by atoms with E-state index in [4.69, 9.17) is 17.3 Å². The standard InChI is InChI=1S/C9H13ClN2O2S/c1-7(11)6-12-15(13,14)9-4-2-8(10)3-5-9/h2-5,7,12H,6,11H2,1H3/t7-/m0/s1. The molecule has 0 saturated heterocycles. The van der Waals surface area contributed by atoms with E-state index in [1.54, 1.807) is 6.92 Å². The van der Waals surface area contributed by atoms with Gasteiger partial charge in [-0.05, 0) is 31.2 Å². The molecule has 0 spiro atoms. The maximum atomic E-state index is 11.6. The van der Waals surface area contributed by atoms with Crippen LogP contribution >= 0.6 is 11.6 Å². The Morgan fingerprint density at radius 3 is 2.40 bits per heavy atom. The van der Waals surface area contributed by atoms with Crippen LogP contribution in [0.25, 0.3) is 0 Å². The van der Waals surface area contributed by atoms with E-state index in [1.165, 1.54) is 24.3 Å². The molecule has 84 valence electrons. The quantitative estimate of drug-likeness (QED) is 0.834. The summed E-state index contributed by atoms with van der Waals surface area (Å²) in [6.07, 6.45) is 0. The predicted octanol–water partition coefficient (Wildman–Crippen LogP) is 0.966. The van der Waals surface area contributed by atoms with Crippen LogP contribution in [0, 0.1) is 0 Å². The van der Waals surface area contributed by atoms with Gasteiger partial charge in [-0.15, -0.1) is 0 Å². The van der Waals surface area contributed by atoms with Crippen molar-refractivity contribution >= 4 is 21.6 Å². The number of halogens is 1. The third kappa shape index (κ3) is 3.79. The highest BCUT2D eigenvalue weighted by atomic mass is 35.5. The molecule has 1 rings (SSSR count). The van der Waals surface area contributed by atoms with E-state index in [0.29, 0.717) is 5.02 Å². The first kappa shape index (κ1) is 12.4. The first-order valence-corrected chi connectivity index (χ1v) is 6.29. The number of hydrogen-bond donors (Lipinski definition) is 2. The Balaban J connectivity index is 2.82. The average Bonchev–Trinajstić information content (AvgIpc) is 2.16. The van der Waals surface area contributed by atoms with Crippen LogP contribution in [0.15, 0.2) is 29.2 Å². The summed E-state index contributed by atoms with van der Waals surface area (Å²) in [7, 11) is -3.46. The lowest BCUT2D eigenvalue weighted by atomic mass is 10.4. The largest absolute Gasteiger partial charge is 0.327 e. The Morgan fingerprint density at radius 1 is 1.40 bits per heavy atom. The summed E-state index contributed by atoms with van der Waals surface area (Å²) in [6, 6.07) is 5.74. The van der Waals surface area contributed by atoms with Crippen molar-refractivity contribution in [1.29, 1.82) is 0 Å². The van der Waals surface area contributed by atoms with Crippen LogP contribution in [-0.4, -0.2) is 21.0 Å². The number of hydrogen-bond acceptors (Lipinski definition) is 3. The van der Waals surface area contributed by atoms with Crippen molar-refractivity contribution in [3.63, 3.8) is 0 Å². The number of sulfonamides is 1. The molecule has 1 aromatic rings. The van der Waals surface area contributed by atoms with Crippen LogP contribution < -0.4 is 10.5 Å². The fourth-order valence-corrected chi connectivity index (χ4v) is 2.21. The number of nitrogens with one attached hydrogen (secondary N) is 1. The van der Waals surface area contributed by atoms with Crippen LogP contribution in [0.5, 0.6) is 0 Å². The lowest BCUT2D eigenvalue weighted by Gasteiger charge is -2.08. The lowest BCUT2D eigenvalue weighted by molar-refractivity contribution is 0.574. The van der Waals surface area contributed by atoms with Crippen molar-refractivity contribution in [2.75, 3.05) is 6.54 Å². The molecular weight excluding hydrogens is 236 g/mol. The molecule has 0 aliphatic heterocycles. The lowest BCUT2D eigenvalue weighted by Crippen LogP contribution is -2.35. The minimum absolute atomic E-state index is 0.188. The number of nitrogens with two attached hydrogens (primary N) is 1. The second-order valence-corrected chi connectivity index (χ2v) is 5.49. The molecule has 0 unspecified atom stereocenters. The van der Waals surface area contributed by atoms with Gasteiger partial charge in [0.05, 0.1) is 4.90 Å². The summed E-state index contributed by atoms with van der Waals surface area (Å²) in [6.45, 7) is 1.94. The predicted molar refractivity (Wildman–Crippen MR) is 60.3 cm³/mol. The van der Waals surface area contributed by atoms with E-state index < -0.39 is 10.0 Å². The summed E-state index contributed by atoms with van der Waals surface area (Å²) < 4.78 is 25.7. The van der Waals surface area contributed by atoms with Crippen molar-refractivity contribution in [3.8, 4) is 0 Å². The van der Waals surface area contributed by atoms with E-state index in [-0.39, 0.29) is 17.5 Å². The van der Waals surface area contributed by atoms with E-state index in [0.717, 1.165) is 0 Å². The van der Waals surface area contributed by atoms with Gasteiger partial charge in [-0.3, -0.25) is 0 Å². The van der Waals surface area contributed by atoms with Crippen molar-refractivity contribution in [2.45, 2.75) is 17.9 Å². The maximum Gasteiger partial charge on any atom is 0.240 e. The molecule has 4 nitrogen and oxygen atoms in total. The molecule has 0 amide bonds. The normalized spacial score (nSPS) is 13.8. The van der Waals surface area contributed by atoms with Crippen molar-refractivity contribution in [2.24, 2.45) is 5.73 Å². The van der Waals surface area contributed by atoms with E-state index in [9.17, 15) is 8.42 Å². The Hall–Kier alpha value is -0.620. The molecule has 15 heavy (non-hydrogen) atoms. The molecule has 1 atom stereocenters. The fourth-order valence-electron chi connectivity index (χ4n) is 0.938. The second-order valence-electron chi connectivity index (χ2n) is 3.28. The first-order valence-electron chi connectivity index (χ1n) is 4.42. The highest BCUT2D eigenvalue weighted by Gasteiger charge is 2.13. The summed E-state index contributed by atoms with van der Waals surface area (Å²) >= 11 is 5.65. The molecule has 1 aromatic carbocycles. The smallest absolute Gasteiger partial charge is 0.240 e. The molecule has 3 N–H and O–H groups in total. The van der Waals surface area contributed by atoms with Crippen LogP contribution in [0.2, 0.25) is 5.02 Å². The molecule has 0 radical (unpaired) electrons. The highest BCUT2D eigenvalue weighted by molar-refractivity contribution is 7.89. The van der Waals surface area contributed by atoms with Crippen LogP contribution in [-0.2, 0) is 10.0 Å². The molecule has 0 aliphatic carbocycles. The van der Waals surface area contributed by atoms with Crippen LogP contribution in [0.1, 0.15) is 6.92 Å². The van der Waals surface area contributed by atoms with Gasteiger partial charge in [0, 0.05) is 17.6 Å². The zero-order valence-electron chi connectivity index (χ0n) is 8.27. The van der Waals surface area contributed by atoms with Gasteiger partial charge in [0.1, 0.15) is 0 Å². The molecule has 0 aromatic heterocycles. The van der Waals surface area contributed by atoms with E-state index in [1.807, 2.05) is 0 Å². The molecule has 0 aliphatic rings. The van der Waals surface area contributed by atoms with Gasteiger partial charge in [0.15, 0.2) is 0 Å². The van der Waals surface area contributed by atoms with Crippen molar-refractivity contribution < 1.29 is 8.42 Å². The van der Waals surface area contributed by atoms with Gasteiger partial charge in [-0.1, -0.05) is 11.6 Å². The van der Waals surface area contributed by atoms with Gasteiger partial charge in [-0.2, -0.15) is 0 Å². The van der Waals surface area contributed by atoms with Gasteiger partial charge in [0.25, 0.3) is 0 Å². The Labute approximate surface area is 94.5 Å². The highest BCUT2D eigenvalue weighted by Crippen LogP contribution is 2.13. The van der Waals surface area contributed by atoms with Gasteiger partial charge in [0.2, 0.25) is 10.0 Å². The number of rotatable bonds is 4. The van der Waals surface area contributed by atoms with Gasteiger partial charge in [-0.25, -0.2) is 13.1 Å². The Kier molecular flexibility index (Phi) is 4.10. The SMILES string of the molecule is C[C@H](N)CNS(=O)(=O)c1ccc(Cl)cc1. The van der Waals surface area contributed by atoms with Gasteiger partial charge >= 0.3 is 0 Å². The van der Waals surface area contributed by atoms with E-state index >= 15 is 0 Å². The fraction of sp³-hybridized carbons (Fsp3) is 0.333. The maximum absolute atomic E-state index is 11.6. The van der Waals surface area contributed by atoms with Crippen LogP contribution in [0.4, 0.5) is 0 Å². The topological polar surface area (TPSA) is 72.2 Å². The average molecular weight is 249 g/mol. The van der Waals surface area contributed by atoms with Gasteiger partial charge < -0.3 is 5.73 Å². The molecule has 0 bridgehead atoms. The first-order chi connectivity index (χ1) is 6.92. The Bertz CT molecular complexity index is 414. The zero-order valence-corrected chi connectivity index (χ0v) is 9.85. The summed E-state index contributed by atoms with van der Waals surface area (Å²) in [5, 5.41) is 0.501. The third-order valence-electron chi connectivity index (χ3n) is 1.72. The van der Waals surface area contributed by atoms with Crippen LogP contribution in [0.3, 0.4) is 0 Å². The molecule has 0 saturated carbocycles. The van der Waals surface area contributed by atoms with Crippen molar-refractivity contribution in [3.05, 3.63) is 29.3 Å². The minimum atomic E-state index is -3.46. The molecular formula is C9H13ClN2O2S. The zero-order chi connectivity index (χ0) is 11.5. The summed E-state index contributed by atoms with van der Waals surface area (Å²) in [5.41, 5.74) is 5.45. The molecule has 0 fully saturated rings. The summed E-state index contributed by atoms with van der Waals surface area (Å²) in [5.74, 6) is 0. The molecule has 0 heterocycles. The minimum Gasteiger partial charge on any atom is -0.327 e. The van der Waals surface area contributed by atoms with Crippen molar-refractivity contribution in [1.82, 2.24) is 4.72 Å². The monoisotopic (exact) mass is 248 g/mol. The van der Waals surface area contributed by atoms with E-state index in [2.05, 4.69) is 4.72 Å². The second kappa shape index (κ2) is 4.94. The third-order valence-corrected chi connectivity index (χ3v) is 3.41. The number of benzene rings is 1. The Morgan fingerprint density at radius 2 is 1.93 bits per heavy atom. The molecule has 6 heteroatoms. The summed E-state index contributed by atoms with van der Waals surface area (Å²) in [4.78, 5) is 0.188.